The predicted molar refractivity (Wildman–Crippen MR) is 73.2 cm³/mol. The average Bonchev–Trinajstić information content (AvgIpc) is 2.51. The van der Waals surface area contributed by atoms with Gasteiger partial charge in [-0.2, -0.15) is 13.2 Å². The summed E-state index contributed by atoms with van der Waals surface area (Å²) < 4.78 is 47.4. The van der Waals surface area contributed by atoms with E-state index in [1.54, 1.807) is 0 Å². The summed E-state index contributed by atoms with van der Waals surface area (Å²) in [5.41, 5.74) is 0. The SMILES string of the molecule is O=C(O)CCCCO[C@H]1OC(CO)[C@H](O)[C@H](O)C1NC(=O)C(F)(F)F. The first-order valence-electron chi connectivity index (χ1n) is 7.41. The molecular formula is C13H20F3NO8. The molecule has 0 bridgehead atoms. The fraction of sp³-hybridized carbons (Fsp3) is 0.846. The van der Waals surface area contributed by atoms with Crippen LogP contribution >= 0.6 is 0 Å². The third kappa shape index (κ3) is 6.40. The maximum absolute atomic E-state index is 12.4. The number of halogens is 3. The Kier molecular flexibility index (Phi) is 8.02. The summed E-state index contributed by atoms with van der Waals surface area (Å²) in [7, 11) is 0. The highest BCUT2D eigenvalue weighted by atomic mass is 19.4. The van der Waals surface area contributed by atoms with Crippen molar-refractivity contribution in [2.45, 2.75) is 56.1 Å². The molecule has 0 saturated carbocycles. The van der Waals surface area contributed by atoms with Gasteiger partial charge >= 0.3 is 18.1 Å². The fourth-order valence-corrected chi connectivity index (χ4v) is 2.19. The lowest BCUT2D eigenvalue weighted by Gasteiger charge is -2.42. The van der Waals surface area contributed by atoms with Crippen LogP contribution in [0.1, 0.15) is 19.3 Å². The summed E-state index contributed by atoms with van der Waals surface area (Å²) in [6.07, 6.45) is -11.4. The van der Waals surface area contributed by atoms with Gasteiger partial charge in [-0.05, 0) is 12.8 Å². The quantitative estimate of drug-likeness (QED) is 0.331. The molecule has 0 spiro atoms. The summed E-state index contributed by atoms with van der Waals surface area (Å²) >= 11 is 0. The van der Waals surface area contributed by atoms with Crippen LogP contribution in [0, 0.1) is 0 Å². The van der Waals surface area contributed by atoms with E-state index in [-0.39, 0.29) is 25.9 Å². The highest BCUT2D eigenvalue weighted by Gasteiger charge is 2.49. The smallest absolute Gasteiger partial charge is 0.471 e. The molecule has 0 aromatic heterocycles. The van der Waals surface area contributed by atoms with E-state index in [1.165, 1.54) is 5.32 Å². The van der Waals surface area contributed by atoms with Gasteiger partial charge in [0.05, 0.1) is 6.61 Å². The number of carboxylic acid groups (broad SMARTS) is 1. The van der Waals surface area contributed by atoms with Gasteiger partial charge in [0.2, 0.25) is 0 Å². The Labute approximate surface area is 140 Å². The van der Waals surface area contributed by atoms with Crippen LogP contribution in [0.5, 0.6) is 0 Å². The number of carboxylic acids is 1. The minimum atomic E-state index is -5.22. The van der Waals surface area contributed by atoms with E-state index in [2.05, 4.69) is 0 Å². The second kappa shape index (κ2) is 9.29. The lowest BCUT2D eigenvalue weighted by atomic mass is 9.97. The molecule has 0 aliphatic carbocycles. The maximum Gasteiger partial charge on any atom is 0.471 e. The molecule has 1 rings (SSSR count). The van der Waals surface area contributed by atoms with Crippen molar-refractivity contribution >= 4 is 11.9 Å². The van der Waals surface area contributed by atoms with Crippen LogP contribution in [-0.2, 0) is 19.1 Å². The number of aliphatic hydroxyl groups is 3. The Balaban J connectivity index is 2.72. The highest BCUT2D eigenvalue weighted by Crippen LogP contribution is 2.24. The van der Waals surface area contributed by atoms with Crippen LogP contribution in [-0.4, -0.2) is 82.3 Å². The number of nitrogens with one attached hydrogen (secondary N) is 1. The molecule has 5 atom stereocenters. The average molecular weight is 375 g/mol. The monoisotopic (exact) mass is 375 g/mol. The minimum absolute atomic E-state index is 0.128. The van der Waals surface area contributed by atoms with Crippen molar-refractivity contribution in [3.05, 3.63) is 0 Å². The van der Waals surface area contributed by atoms with Crippen LogP contribution < -0.4 is 5.32 Å². The Morgan fingerprint density at radius 3 is 2.32 bits per heavy atom. The zero-order valence-electron chi connectivity index (χ0n) is 13.0. The Morgan fingerprint density at radius 2 is 1.80 bits per heavy atom. The van der Waals surface area contributed by atoms with Gasteiger partial charge in [0, 0.05) is 13.0 Å². The third-order valence-corrected chi connectivity index (χ3v) is 3.50. The molecule has 0 aromatic rings. The molecule has 1 saturated heterocycles. The van der Waals surface area contributed by atoms with Gasteiger partial charge in [0.15, 0.2) is 6.29 Å². The van der Waals surface area contributed by atoms with Crippen molar-refractivity contribution in [2.24, 2.45) is 0 Å². The van der Waals surface area contributed by atoms with Gasteiger partial charge in [0.25, 0.3) is 0 Å². The van der Waals surface area contributed by atoms with E-state index in [1.807, 2.05) is 0 Å². The lowest BCUT2D eigenvalue weighted by molar-refractivity contribution is -0.272. The lowest BCUT2D eigenvalue weighted by Crippen LogP contribution is -2.65. The molecule has 1 fully saturated rings. The molecule has 25 heavy (non-hydrogen) atoms. The third-order valence-electron chi connectivity index (χ3n) is 3.50. The van der Waals surface area contributed by atoms with Crippen LogP contribution in [0.15, 0.2) is 0 Å². The second-order valence-electron chi connectivity index (χ2n) is 5.43. The van der Waals surface area contributed by atoms with Crippen LogP contribution in [0.25, 0.3) is 0 Å². The summed E-state index contributed by atoms with van der Waals surface area (Å²) in [4.78, 5) is 21.5. The van der Waals surface area contributed by atoms with Crippen molar-refractivity contribution in [3.63, 3.8) is 0 Å². The molecule has 12 heteroatoms. The zero-order chi connectivity index (χ0) is 19.2. The van der Waals surface area contributed by atoms with Gasteiger partial charge < -0.3 is 35.2 Å². The predicted octanol–water partition coefficient (Wildman–Crippen LogP) is -1.26. The van der Waals surface area contributed by atoms with E-state index in [9.17, 15) is 33.0 Å². The number of aliphatic hydroxyl groups excluding tert-OH is 3. The Hall–Kier alpha value is -1.47. The number of hydrogen-bond acceptors (Lipinski definition) is 7. The maximum atomic E-state index is 12.4. The summed E-state index contributed by atoms with van der Waals surface area (Å²) in [6, 6.07) is -1.73. The molecule has 1 aliphatic rings. The Morgan fingerprint density at radius 1 is 1.16 bits per heavy atom. The van der Waals surface area contributed by atoms with Gasteiger partial charge in [-0.15, -0.1) is 0 Å². The van der Waals surface area contributed by atoms with Crippen molar-refractivity contribution in [2.75, 3.05) is 13.2 Å². The molecule has 9 nitrogen and oxygen atoms in total. The molecule has 5 N–H and O–H groups in total. The fourth-order valence-electron chi connectivity index (χ4n) is 2.19. The first kappa shape index (κ1) is 21.6. The second-order valence-corrected chi connectivity index (χ2v) is 5.43. The van der Waals surface area contributed by atoms with Gasteiger partial charge in [-0.3, -0.25) is 9.59 Å². The molecule has 1 amide bonds. The molecular weight excluding hydrogens is 355 g/mol. The van der Waals surface area contributed by atoms with E-state index in [0.717, 1.165) is 0 Å². The number of alkyl halides is 3. The standard InChI is InChI=1S/C13H20F3NO8/c14-13(15,16)12(23)17-8-10(22)9(21)6(5-18)25-11(8)24-4-2-1-3-7(19)20/h6,8-11,18,21-22H,1-5H2,(H,17,23)(H,19,20)/t6?,8?,9-,10+,11-/m0/s1. The first-order valence-corrected chi connectivity index (χ1v) is 7.41. The number of amides is 1. The molecule has 0 radical (unpaired) electrons. The van der Waals surface area contributed by atoms with E-state index in [0.29, 0.717) is 0 Å². The topological polar surface area (TPSA) is 146 Å². The summed E-state index contributed by atoms with van der Waals surface area (Å²) in [5, 5.41) is 38.7. The normalized spacial score (nSPS) is 30.1. The molecule has 0 aromatic carbocycles. The number of carbonyl (C=O) groups excluding carboxylic acids is 1. The number of hydrogen-bond donors (Lipinski definition) is 5. The molecule has 146 valence electrons. The van der Waals surface area contributed by atoms with E-state index >= 15 is 0 Å². The van der Waals surface area contributed by atoms with Crippen LogP contribution in [0.2, 0.25) is 0 Å². The number of aliphatic carboxylic acids is 1. The van der Waals surface area contributed by atoms with Crippen LogP contribution in [0.3, 0.4) is 0 Å². The van der Waals surface area contributed by atoms with Gasteiger partial charge in [-0.1, -0.05) is 0 Å². The van der Waals surface area contributed by atoms with E-state index in [4.69, 9.17) is 19.7 Å². The largest absolute Gasteiger partial charge is 0.481 e. The number of carbonyl (C=O) groups is 2. The molecule has 2 unspecified atom stereocenters. The zero-order valence-corrected chi connectivity index (χ0v) is 13.0. The highest BCUT2D eigenvalue weighted by molar-refractivity contribution is 5.82. The molecule has 1 aliphatic heterocycles. The van der Waals surface area contributed by atoms with Crippen molar-refractivity contribution < 1.29 is 52.7 Å². The summed E-state index contributed by atoms with van der Waals surface area (Å²) in [6.45, 7) is -0.867. The van der Waals surface area contributed by atoms with Crippen molar-refractivity contribution in [3.8, 4) is 0 Å². The number of ether oxygens (including phenoxy) is 2. The Bertz CT molecular complexity index is 461. The van der Waals surface area contributed by atoms with Crippen molar-refractivity contribution in [1.82, 2.24) is 5.32 Å². The first-order chi connectivity index (χ1) is 11.6. The minimum Gasteiger partial charge on any atom is -0.481 e. The number of unbranched alkanes of at least 4 members (excludes halogenated alkanes) is 1. The van der Waals surface area contributed by atoms with Crippen LogP contribution in [0.4, 0.5) is 13.2 Å². The molecule has 1 heterocycles. The summed E-state index contributed by atoms with van der Waals surface area (Å²) in [5.74, 6) is -3.38. The van der Waals surface area contributed by atoms with E-state index < -0.39 is 55.3 Å². The van der Waals surface area contributed by atoms with Crippen molar-refractivity contribution in [1.29, 1.82) is 0 Å². The van der Waals surface area contributed by atoms with Gasteiger partial charge in [-0.25, -0.2) is 0 Å². The van der Waals surface area contributed by atoms with Gasteiger partial charge in [0.1, 0.15) is 24.4 Å². The number of rotatable bonds is 8.